The van der Waals surface area contributed by atoms with Gasteiger partial charge in [-0.15, -0.1) is 0 Å². The van der Waals surface area contributed by atoms with E-state index in [-0.39, 0.29) is 56.6 Å². The van der Waals surface area contributed by atoms with Crippen LogP contribution >= 0.6 is 53.4 Å². The molecule has 0 saturated heterocycles. The Kier molecular flexibility index (Phi) is 14.3. The van der Waals surface area contributed by atoms with Gasteiger partial charge in [-0.2, -0.15) is 0 Å². The van der Waals surface area contributed by atoms with Gasteiger partial charge in [0, 0.05) is 55.0 Å². The Balaban J connectivity index is 1.66. The standard InChI is InChI=1S/C44H36Br2N4O8S2/c1-3-57-43(55)35(39(47)53)31-23-49(29-11-7-5-8-12-29)41(33(31)37(51)25-15-19-27(45)20-16-25)59-60-42-34(38(52)26-17-21-28(46)22-18-26)32(36(40(48)54)44(56)58-4-2)24-50(42)30-13-9-6-10-14-30/h5-24,35-36H,3-4H2,1-2H3,(H2,47,53)(H2,48,54). The highest BCUT2D eigenvalue weighted by Gasteiger charge is 2.39. The van der Waals surface area contributed by atoms with Crippen LogP contribution in [0, 0.1) is 0 Å². The molecule has 0 aliphatic heterocycles. The molecule has 0 fully saturated rings. The van der Waals surface area contributed by atoms with Gasteiger partial charge in [0.05, 0.1) is 24.3 Å². The lowest BCUT2D eigenvalue weighted by molar-refractivity contribution is -0.149. The van der Waals surface area contributed by atoms with Gasteiger partial charge < -0.3 is 30.1 Å². The normalized spacial score (nSPS) is 12.0. The summed E-state index contributed by atoms with van der Waals surface area (Å²) in [5.74, 6) is -8.37. The third-order valence-electron chi connectivity index (χ3n) is 9.15. The number of hydrogen-bond donors (Lipinski definition) is 2. The van der Waals surface area contributed by atoms with Crippen molar-refractivity contribution in [2.45, 2.75) is 35.7 Å². The van der Waals surface area contributed by atoms with Crippen LogP contribution in [0.2, 0.25) is 0 Å². The number of ether oxygens (including phenoxy) is 2. The van der Waals surface area contributed by atoms with Crippen LogP contribution in [0.25, 0.3) is 11.4 Å². The number of halogens is 2. The van der Waals surface area contributed by atoms with Crippen LogP contribution in [0.3, 0.4) is 0 Å². The molecule has 2 amide bonds. The Morgan fingerprint density at radius 3 is 1.18 bits per heavy atom. The van der Waals surface area contributed by atoms with Crippen molar-refractivity contribution in [3.8, 4) is 11.4 Å². The minimum Gasteiger partial charge on any atom is -0.465 e. The summed E-state index contributed by atoms with van der Waals surface area (Å²) in [6.07, 6.45) is 3.02. The van der Waals surface area contributed by atoms with Crippen LogP contribution in [0.15, 0.2) is 141 Å². The van der Waals surface area contributed by atoms with Crippen LogP contribution < -0.4 is 11.5 Å². The zero-order valence-corrected chi connectivity index (χ0v) is 36.8. The van der Waals surface area contributed by atoms with Gasteiger partial charge in [0.25, 0.3) is 0 Å². The molecule has 0 spiro atoms. The van der Waals surface area contributed by atoms with E-state index in [0.717, 1.165) is 21.6 Å². The van der Waals surface area contributed by atoms with Crippen LogP contribution in [-0.4, -0.2) is 57.7 Å². The number of hydrogen-bond acceptors (Lipinski definition) is 10. The first-order valence-electron chi connectivity index (χ1n) is 18.3. The number of esters is 2. The lowest BCUT2D eigenvalue weighted by Gasteiger charge is -2.15. The van der Waals surface area contributed by atoms with Gasteiger partial charge in [0.2, 0.25) is 11.8 Å². The molecule has 0 saturated carbocycles. The fourth-order valence-corrected chi connectivity index (χ4v) is 9.65. The van der Waals surface area contributed by atoms with Crippen molar-refractivity contribution in [1.29, 1.82) is 0 Å². The van der Waals surface area contributed by atoms with Crippen molar-refractivity contribution in [2.24, 2.45) is 11.5 Å². The van der Waals surface area contributed by atoms with E-state index in [1.165, 1.54) is 12.4 Å². The smallest absolute Gasteiger partial charge is 0.323 e. The van der Waals surface area contributed by atoms with E-state index in [1.54, 1.807) is 132 Å². The number of aromatic nitrogens is 2. The summed E-state index contributed by atoms with van der Waals surface area (Å²) in [5, 5.41) is 0.511. The molecule has 2 aromatic heterocycles. The molecule has 0 aliphatic rings. The van der Waals surface area contributed by atoms with Crippen molar-refractivity contribution in [3.05, 3.63) is 164 Å². The fourth-order valence-electron chi connectivity index (χ4n) is 6.45. The molecule has 2 heterocycles. The number of nitrogens with two attached hydrogens (primary N) is 2. The molecule has 0 radical (unpaired) electrons. The minimum atomic E-state index is -1.68. The number of primary amides is 2. The molecular formula is C44H36Br2N4O8S2. The number of carbonyl (C=O) groups excluding carboxylic acids is 6. The maximum Gasteiger partial charge on any atom is 0.323 e. The quantitative estimate of drug-likeness (QED) is 0.0390. The van der Waals surface area contributed by atoms with E-state index in [2.05, 4.69) is 31.9 Å². The highest BCUT2D eigenvalue weighted by atomic mass is 79.9. The van der Waals surface area contributed by atoms with E-state index >= 15 is 0 Å². The van der Waals surface area contributed by atoms with Crippen molar-refractivity contribution >= 4 is 88.8 Å². The summed E-state index contributed by atoms with van der Waals surface area (Å²) in [4.78, 5) is 83.0. The summed E-state index contributed by atoms with van der Waals surface area (Å²) in [6.45, 7) is 3.07. The van der Waals surface area contributed by atoms with Crippen molar-refractivity contribution < 1.29 is 38.2 Å². The predicted octanol–water partition coefficient (Wildman–Crippen LogP) is 8.32. The van der Waals surface area contributed by atoms with Gasteiger partial charge in [-0.1, -0.05) is 68.3 Å². The van der Waals surface area contributed by atoms with Crippen molar-refractivity contribution in [3.63, 3.8) is 0 Å². The monoisotopic (exact) mass is 970 g/mol. The first-order valence-corrected chi connectivity index (χ1v) is 22.1. The summed E-state index contributed by atoms with van der Waals surface area (Å²) in [5.41, 5.74) is 13.4. The molecule has 0 aliphatic carbocycles. The van der Waals surface area contributed by atoms with E-state index in [9.17, 15) is 28.8 Å². The zero-order chi connectivity index (χ0) is 43.1. The van der Waals surface area contributed by atoms with Crippen LogP contribution in [0.4, 0.5) is 0 Å². The molecule has 4 N–H and O–H groups in total. The van der Waals surface area contributed by atoms with Crippen molar-refractivity contribution in [1.82, 2.24) is 9.13 Å². The van der Waals surface area contributed by atoms with E-state index in [1.807, 2.05) is 0 Å². The number of nitrogens with zero attached hydrogens (tertiary/aromatic N) is 2. The number of rotatable bonds is 17. The third kappa shape index (κ3) is 9.36. The van der Waals surface area contributed by atoms with Gasteiger partial charge in [0.15, 0.2) is 23.4 Å². The summed E-state index contributed by atoms with van der Waals surface area (Å²) in [6, 6.07) is 31.0. The van der Waals surface area contributed by atoms with E-state index in [0.29, 0.717) is 20.3 Å². The topological polar surface area (TPSA) is 183 Å². The van der Waals surface area contributed by atoms with Crippen LogP contribution in [0.1, 0.15) is 68.7 Å². The Hall–Kier alpha value is -5.68. The molecule has 12 nitrogen and oxygen atoms in total. The molecule has 306 valence electrons. The van der Waals surface area contributed by atoms with Gasteiger partial charge in [-0.05, 0) is 108 Å². The molecule has 16 heteroatoms. The van der Waals surface area contributed by atoms with Gasteiger partial charge >= 0.3 is 11.9 Å². The van der Waals surface area contributed by atoms with E-state index in [4.69, 9.17) is 20.9 Å². The SMILES string of the molecule is CCOC(=O)C(C(N)=O)c1cn(-c2ccccc2)c(SSc2c(C(=O)c3ccc(Br)cc3)c(C(C(N)=O)C(=O)OCC)cn2-c2ccccc2)c1C(=O)c1ccc(Br)cc1. The molecule has 0 bridgehead atoms. The first kappa shape index (κ1) is 43.9. The molecule has 2 unspecified atom stereocenters. The molecular weight excluding hydrogens is 936 g/mol. The van der Waals surface area contributed by atoms with Gasteiger partial charge in [0.1, 0.15) is 10.1 Å². The predicted molar refractivity (Wildman–Crippen MR) is 236 cm³/mol. The molecule has 60 heavy (non-hydrogen) atoms. The highest BCUT2D eigenvalue weighted by Crippen LogP contribution is 2.48. The average Bonchev–Trinajstić information content (AvgIpc) is 3.79. The maximum atomic E-state index is 14.8. The fraction of sp³-hybridized carbons (Fsp3) is 0.136. The van der Waals surface area contributed by atoms with E-state index < -0.39 is 47.2 Å². The third-order valence-corrected chi connectivity index (χ3v) is 12.6. The largest absolute Gasteiger partial charge is 0.465 e. The van der Waals surface area contributed by atoms with Crippen molar-refractivity contribution in [2.75, 3.05) is 13.2 Å². The highest BCUT2D eigenvalue weighted by molar-refractivity contribution is 9.10. The first-order chi connectivity index (χ1) is 28.9. The van der Waals surface area contributed by atoms with Gasteiger partial charge in [-0.25, -0.2) is 0 Å². The average molecular weight is 973 g/mol. The Morgan fingerprint density at radius 1 is 0.550 bits per heavy atom. The summed E-state index contributed by atoms with van der Waals surface area (Å²) in [7, 11) is 2.09. The Morgan fingerprint density at radius 2 is 0.883 bits per heavy atom. The number of benzene rings is 4. The van der Waals surface area contributed by atoms with Gasteiger partial charge in [-0.3, -0.25) is 28.8 Å². The lowest BCUT2D eigenvalue weighted by atomic mass is 9.93. The molecule has 2 atom stereocenters. The minimum absolute atomic E-state index is 0.00205. The van der Waals surface area contributed by atoms with Crippen LogP contribution in [-0.2, 0) is 28.7 Å². The Bertz CT molecular complexity index is 2400. The number of amides is 2. The van der Waals surface area contributed by atoms with Crippen LogP contribution in [0.5, 0.6) is 0 Å². The summed E-state index contributed by atoms with van der Waals surface area (Å²) >= 11 is 6.82. The summed E-state index contributed by atoms with van der Waals surface area (Å²) < 4.78 is 15.3. The zero-order valence-electron chi connectivity index (χ0n) is 32.0. The molecule has 6 aromatic rings. The molecule has 6 rings (SSSR count). The number of ketones is 2. The molecule has 4 aromatic carbocycles. The Labute approximate surface area is 369 Å². The number of carbonyl (C=O) groups is 6. The maximum absolute atomic E-state index is 14.8. The second kappa shape index (κ2) is 19.6. The second-order valence-corrected chi connectivity index (χ2v) is 16.9. The lowest BCUT2D eigenvalue weighted by Crippen LogP contribution is -2.30. The number of para-hydroxylation sites is 2. The second-order valence-electron chi connectivity index (χ2n) is 13.0.